The van der Waals surface area contributed by atoms with Gasteiger partial charge in [0.1, 0.15) is 5.84 Å². The minimum Gasteiger partial charge on any atom is -0.409 e. The standard InChI is InChI=1S/C14H31N3O/c1-6-14(5,7-2)16-11-9-8-10-13(3,4)12(15)17-18/h16,18H,6-11H2,1-5H3,(H2,15,17). The van der Waals surface area contributed by atoms with Gasteiger partial charge in [-0.3, -0.25) is 0 Å². The molecular weight excluding hydrogens is 226 g/mol. The Morgan fingerprint density at radius 2 is 1.72 bits per heavy atom. The molecule has 108 valence electrons. The summed E-state index contributed by atoms with van der Waals surface area (Å²) < 4.78 is 0. The molecule has 0 bridgehead atoms. The Morgan fingerprint density at radius 1 is 1.17 bits per heavy atom. The maximum absolute atomic E-state index is 8.69. The van der Waals surface area contributed by atoms with Crippen LogP contribution in [-0.2, 0) is 0 Å². The third-order valence-corrected chi connectivity index (χ3v) is 4.14. The van der Waals surface area contributed by atoms with E-state index in [0.29, 0.717) is 5.84 Å². The van der Waals surface area contributed by atoms with Crippen LogP contribution in [0.3, 0.4) is 0 Å². The van der Waals surface area contributed by atoms with E-state index in [-0.39, 0.29) is 11.0 Å². The number of nitrogens with two attached hydrogens (primary N) is 1. The summed E-state index contributed by atoms with van der Waals surface area (Å²) in [6, 6.07) is 0. The Balaban J connectivity index is 3.88. The summed E-state index contributed by atoms with van der Waals surface area (Å²) in [5.41, 5.74) is 5.71. The van der Waals surface area contributed by atoms with Crippen LogP contribution in [0, 0.1) is 5.41 Å². The van der Waals surface area contributed by atoms with Gasteiger partial charge < -0.3 is 16.3 Å². The van der Waals surface area contributed by atoms with E-state index >= 15 is 0 Å². The molecule has 18 heavy (non-hydrogen) atoms. The van der Waals surface area contributed by atoms with E-state index in [1.807, 2.05) is 13.8 Å². The Kier molecular flexibility index (Phi) is 7.29. The van der Waals surface area contributed by atoms with Crippen molar-refractivity contribution in [3.8, 4) is 0 Å². The maximum atomic E-state index is 8.69. The molecule has 0 spiro atoms. The fraction of sp³-hybridized carbons (Fsp3) is 0.929. The van der Waals surface area contributed by atoms with Crippen molar-refractivity contribution in [1.29, 1.82) is 0 Å². The highest BCUT2D eigenvalue weighted by molar-refractivity contribution is 5.85. The van der Waals surface area contributed by atoms with E-state index in [9.17, 15) is 0 Å². The van der Waals surface area contributed by atoms with Gasteiger partial charge >= 0.3 is 0 Å². The van der Waals surface area contributed by atoms with Gasteiger partial charge in [0.2, 0.25) is 0 Å². The molecule has 0 radical (unpaired) electrons. The molecule has 0 heterocycles. The molecule has 0 saturated carbocycles. The molecule has 0 aliphatic carbocycles. The first-order chi connectivity index (χ1) is 8.31. The smallest absolute Gasteiger partial charge is 0.144 e. The van der Waals surface area contributed by atoms with E-state index < -0.39 is 0 Å². The van der Waals surface area contributed by atoms with Crippen LogP contribution in [0.4, 0.5) is 0 Å². The highest BCUT2D eigenvalue weighted by atomic mass is 16.4. The van der Waals surface area contributed by atoms with E-state index in [1.54, 1.807) is 0 Å². The third kappa shape index (κ3) is 5.71. The van der Waals surface area contributed by atoms with Crippen molar-refractivity contribution >= 4 is 5.84 Å². The molecule has 4 N–H and O–H groups in total. The molecule has 0 aromatic rings. The highest BCUT2D eigenvalue weighted by Gasteiger charge is 2.23. The molecule has 0 aliphatic rings. The summed E-state index contributed by atoms with van der Waals surface area (Å²) in [7, 11) is 0. The van der Waals surface area contributed by atoms with Crippen molar-refractivity contribution in [2.24, 2.45) is 16.3 Å². The minimum atomic E-state index is -0.215. The first-order valence-electron chi connectivity index (χ1n) is 7.04. The van der Waals surface area contributed by atoms with Crippen molar-refractivity contribution in [2.75, 3.05) is 6.54 Å². The van der Waals surface area contributed by atoms with Crippen molar-refractivity contribution in [3.05, 3.63) is 0 Å². The first kappa shape index (κ1) is 17.2. The van der Waals surface area contributed by atoms with Crippen molar-refractivity contribution in [2.45, 2.75) is 72.3 Å². The van der Waals surface area contributed by atoms with Crippen molar-refractivity contribution in [3.63, 3.8) is 0 Å². The number of hydrogen-bond acceptors (Lipinski definition) is 3. The average molecular weight is 257 g/mol. The number of amidine groups is 1. The third-order valence-electron chi connectivity index (χ3n) is 4.14. The molecule has 0 fully saturated rings. The zero-order valence-electron chi connectivity index (χ0n) is 12.7. The quantitative estimate of drug-likeness (QED) is 0.195. The van der Waals surface area contributed by atoms with Crippen LogP contribution in [-0.4, -0.2) is 23.1 Å². The molecule has 0 aliphatic heterocycles. The van der Waals surface area contributed by atoms with Crippen molar-refractivity contribution < 1.29 is 5.21 Å². The van der Waals surface area contributed by atoms with E-state index in [0.717, 1.165) is 38.6 Å². The summed E-state index contributed by atoms with van der Waals surface area (Å²) in [4.78, 5) is 0. The molecule has 0 unspecified atom stereocenters. The van der Waals surface area contributed by atoms with Gasteiger partial charge in [0.15, 0.2) is 0 Å². The molecule has 4 heteroatoms. The summed E-state index contributed by atoms with van der Waals surface area (Å²) in [5, 5.41) is 15.4. The lowest BCUT2D eigenvalue weighted by molar-refractivity contribution is 0.302. The largest absolute Gasteiger partial charge is 0.409 e. The predicted molar refractivity (Wildman–Crippen MR) is 78.0 cm³/mol. The summed E-state index contributed by atoms with van der Waals surface area (Å²) in [5.74, 6) is 0.322. The molecule has 0 aromatic heterocycles. The van der Waals surface area contributed by atoms with Crippen LogP contribution in [0.1, 0.15) is 66.7 Å². The van der Waals surface area contributed by atoms with Gasteiger partial charge in [0.05, 0.1) is 0 Å². The topological polar surface area (TPSA) is 70.6 Å². The average Bonchev–Trinajstić information content (AvgIpc) is 2.36. The number of nitrogens with one attached hydrogen (secondary N) is 1. The Labute approximate surface area is 112 Å². The number of rotatable bonds is 9. The number of hydrogen-bond donors (Lipinski definition) is 3. The number of unbranched alkanes of at least 4 members (excludes halogenated alkanes) is 1. The number of oxime groups is 1. The van der Waals surface area contributed by atoms with Gasteiger partial charge in [-0.05, 0) is 39.2 Å². The van der Waals surface area contributed by atoms with Crippen LogP contribution in [0.2, 0.25) is 0 Å². The second kappa shape index (κ2) is 7.62. The molecule has 0 saturated heterocycles. The van der Waals surface area contributed by atoms with Crippen LogP contribution < -0.4 is 11.1 Å². The second-order valence-corrected chi connectivity index (χ2v) is 6.02. The van der Waals surface area contributed by atoms with Crippen LogP contribution in [0.15, 0.2) is 5.16 Å². The van der Waals surface area contributed by atoms with Gasteiger partial charge in [0, 0.05) is 11.0 Å². The first-order valence-corrected chi connectivity index (χ1v) is 7.04. The molecule has 0 amide bonds. The van der Waals surface area contributed by atoms with Gasteiger partial charge in [-0.25, -0.2) is 0 Å². The fourth-order valence-electron chi connectivity index (χ4n) is 1.85. The van der Waals surface area contributed by atoms with Crippen molar-refractivity contribution in [1.82, 2.24) is 5.32 Å². The van der Waals surface area contributed by atoms with Crippen LogP contribution in [0.25, 0.3) is 0 Å². The Bertz CT molecular complexity index is 258. The molecular formula is C14H31N3O. The molecule has 0 atom stereocenters. The summed E-state index contributed by atoms with van der Waals surface area (Å²) in [6.07, 6.45) is 5.45. The monoisotopic (exact) mass is 257 g/mol. The fourth-order valence-corrected chi connectivity index (χ4v) is 1.85. The lowest BCUT2D eigenvalue weighted by atomic mass is 9.86. The number of nitrogens with zero attached hydrogens (tertiary/aromatic N) is 1. The predicted octanol–water partition coefficient (Wildman–Crippen LogP) is 3.10. The van der Waals surface area contributed by atoms with Crippen LogP contribution >= 0.6 is 0 Å². The Hall–Kier alpha value is -0.770. The van der Waals surface area contributed by atoms with Gasteiger partial charge in [-0.1, -0.05) is 39.3 Å². The maximum Gasteiger partial charge on any atom is 0.144 e. The molecule has 0 aromatic carbocycles. The van der Waals surface area contributed by atoms with E-state index in [2.05, 4.69) is 31.2 Å². The zero-order valence-corrected chi connectivity index (χ0v) is 12.7. The Morgan fingerprint density at radius 3 is 2.17 bits per heavy atom. The highest BCUT2D eigenvalue weighted by Crippen LogP contribution is 2.23. The van der Waals surface area contributed by atoms with E-state index in [1.165, 1.54) is 0 Å². The summed E-state index contributed by atoms with van der Waals surface area (Å²) >= 11 is 0. The van der Waals surface area contributed by atoms with Crippen LogP contribution in [0.5, 0.6) is 0 Å². The van der Waals surface area contributed by atoms with E-state index in [4.69, 9.17) is 10.9 Å². The lowest BCUT2D eigenvalue weighted by Crippen LogP contribution is -2.41. The zero-order chi connectivity index (χ0) is 14.2. The van der Waals surface area contributed by atoms with Gasteiger partial charge in [-0.15, -0.1) is 0 Å². The lowest BCUT2D eigenvalue weighted by Gasteiger charge is -2.29. The van der Waals surface area contributed by atoms with Gasteiger partial charge in [-0.2, -0.15) is 0 Å². The molecule has 4 nitrogen and oxygen atoms in total. The normalized spacial score (nSPS) is 13.9. The second-order valence-electron chi connectivity index (χ2n) is 6.02. The minimum absolute atomic E-state index is 0.215. The molecule has 0 rings (SSSR count). The summed E-state index contributed by atoms with van der Waals surface area (Å²) in [6.45, 7) is 11.8. The SMILES string of the molecule is CCC(C)(CC)NCCCCC(C)(C)C(N)=NO. The van der Waals surface area contributed by atoms with Gasteiger partial charge in [0.25, 0.3) is 0 Å².